The SMILES string of the molecule is CCOCC(=O)Oc1ccc2ccccc2c1. The normalized spacial score (nSPS) is 10.4. The van der Waals surface area contributed by atoms with Gasteiger partial charge in [0.15, 0.2) is 0 Å². The Balaban J connectivity index is 2.11. The highest BCUT2D eigenvalue weighted by Crippen LogP contribution is 2.20. The van der Waals surface area contributed by atoms with Crippen molar-refractivity contribution in [3.63, 3.8) is 0 Å². The standard InChI is InChI=1S/C14H14O3/c1-2-16-10-14(15)17-13-8-7-11-5-3-4-6-12(11)9-13/h3-9H,2,10H2,1H3. The van der Waals surface area contributed by atoms with E-state index in [9.17, 15) is 4.79 Å². The smallest absolute Gasteiger partial charge is 0.337 e. The molecule has 0 atom stereocenters. The van der Waals surface area contributed by atoms with Gasteiger partial charge < -0.3 is 9.47 Å². The van der Waals surface area contributed by atoms with E-state index in [4.69, 9.17) is 9.47 Å². The third kappa shape index (κ3) is 3.04. The minimum absolute atomic E-state index is 0.0106. The molecule has 0 aliphatic carbocycles. The van der Waals surface area contributed by atoms with Crippen molar-refractivity contribution >= 4 is 16.7 Å². The van der Waals surface area contributed by atoms with Crippen LogP contribution < -0.4 is 4.74 Å². The average molecular weight is 230 g/mol. The second-order valence-corrected chi connectivity index (χ2v) is 3.62. The van der Waals surface area contributed by atoms with Gasteiger partial charge in [-0.25, -0.2) is 4.79 Å². The van der Waals surface area contributed by atoms with Crippen LogP contribution in [-0.2, 0) is 9.53 Å². The predicted molar refractivity (Wildman–Crippen MR) is 66.1 cm³/mol. The number of rotatable bonds is 4. The van der Waals surface area contributed by atoms with Gasteiger partial charge in [-0.3, -0.25) is 0 Å². The molecule has 0 aliphatic heterocycles. The molecule has 2 aromatic carbocycles. The molecule has 88 valence electrons. The maximum absolute atomic E-state index is 11.4. The Hall–Kier alpha value is -1.87. The molecule has 0 saturated carbocycles. The highest BCUT2D eigenvalue weighted by Gasteiger charge is 2.04. The fourth-order valence-electron chi connectivity index (χ4n) is 1.58. The van der Waals surface area contributed by atoms with E-state index in [0.717, 1.165) is 10.8 Å². The van der Waals surface area contributed by atoms with Crippen LogP contribution in [0.5, 0.6) is 5.75 Å². The molecule has 17 heavy (non-hydrogen) atoms. The lowest BCUT2D eigenvalue weighted by molar-refractivity contribution is -0.139. The zero-order chi connectivity index (χ0) is 12.1. The molecule has 2 rings (SSSR count). The molecule has 0 fully saturated rings. The Morgan fingerprint density at radius 1 is 1.12 bits per heavy atom. The van der Waals surface area contributed by atoms with Crippen molar-refractivity contribution < 1.29 is 14.3 Å². The Morgan fingerprint density at radius 3 is 2.65 bits per heavy atom. The number of carbonyl (C=O) groups is 1. The fraction of sp³-hybridized carbons (Fsp3) is 0.214. The van der Waals surface area contributed by atoms with E-state index in [1.165, 1.54) is 0 Å². The van der Waals surface area contributed by atoms with E-state index in [0.29, 0.717) is 12.4 Å². The van der Waals surface area contributed by atoms with Gasteiger partial charge in [-0.15, -0.1) is 0 Å². The first kappa shape index (κ1) is 11.6. The summed E-state index contributed by atoms with van der Waals surface area (Å²) < 4.78 is 10.1. The molecule has 0 N–H and O–H groups in total. The summed E-state index contributed by atoms with van der Waals surface area (Å²) in [7, 11) is 0. The molecule has 0 amide bonds. The molecule has 3 nitrogen and oxygen atoms in total. The zero-order valence-corrected chi connectivity index (χ0v) is 9.68. The summed E-state index contributed by atoms with van der Waals surface area (Å²) >= 11 is 0. The lowest BCUT2D eigenvalue weighted by Gasteiger charge is -2.05. The Labute approximate surface area is 100.0 Å². The van der Waals surface area contributed by atoms with Gasteiger partial charge in [-0.2, -0.15) is 0 Å². The van der Waals surface area contributed by atoms with Gasteiger partial charge in [0, 0.05) is 6.61 Å². The van der Waals surface area contributed by atoms with Crippen molar-refractivity contribution in [2.75, 3.05) is 13.2 Å². The van der Waals surface area contributed by atoms with E-state index >= 15 is 0 Å². The molecule has 0 saturated heterocycles. The Morgan fingerprint density at radius 2 is 1.88 bits per heavy atom. The van der Waals surface area contributed by atoms with Gasteiger partial charge in [0.05, 0.1) is 0 Å². The van der Waals surface area contributed by atoms with Crippen molar-refractivity contribution in [2.45, 2.75) is 6.92 Å². The molecule has 0 bridgehead atoms. The summed E-state index contributed by atoms with van der Waals surface area (Å²) in [6, 6.07) is 13.5. The van der Waals surface area contributed by atoms with Gasteiger partial charge in [0.1, 0.15) is 12.4 Å². The number of ether oxygens (including phenoxy) is 2. The molecule has 0 aromatic heterocycles. The van der Waals surface area contributed by atoms with E-state index in [-0.39, 0.29) is 12.6 Å². The number of fused-ring (bicyclic) bond motifs is 1. The van der Waals surface area contributed by atoms with Gasteiger partial charge in [0.2, 0.25) is 0 Å². The first-order valence-corrected chi connectivity index (χ1v) is 5.57. The molecule has 0 aliphatic rings. The molecule has 2 aromatic rings. The average Bonchev–Trinajstić information content (AvgIpc) is 2.36. The van der Waals surface area contributed by atoms with Crippen molar-refractivity contribution in [2.24, 2.45) is 0 Å². The molecule has 0 heterocycles. The molecule has 3 heteroatoms. The summed E-state index contributed by atoms with van der Waals surface area (Å²) in [5.74, 6) is 0.176. The third-order valence-electron chi connectivity index (χ3n) is 2.38. The summed E-state index contributed by atoms with van der Waals surface area (Å²) in [5.41, 5.74) is 0. The number of carbonyl (C=O) groups excluding carboxylic acids is 1. The third-order valence-corrected chi connectivity index (χ3v) is 2.38. The zero-order valence-electron chi connectivity index (χ0n) is 9.68. The van der Waals surface area contributed by atoms with E-state index in [2.05, 4.69) is 0 Å². The van der Waals surface area contributed by atoms with Crippen LogP contribution in [0.1, 0.15) is 6.92 Å². The van der Waals surface area contributed by atoms with E-state index in [1.807, 2.05) is 43.3 Å². The van der Waals surface area contributed by atoms with Crippen LogP contribution >= 0.6 is 0 Å². The molecule has 0 spiro atoms. The predicted octanol–water partition coefficient (Wildman–Crippen LogP) is 2.78. The second kappa shape index (κ2) is 5.46. The van der Waals surface area contributed by atoms with Crippen LogP contribution in [0.25, 0.3) is 10.8 Å². The fourth-order valence-corrected chi connectivity index (χ4v) is 1.58. The minimum Gasteiger partial charge on any atom is -0.425 e. The monoisotopic (exact) mass is 230 g/mol. The first-order chi connectivity index (χ1) is 8.29. The van der Waals surface area contributed by atoms with Crippen molar-refractivity contribution in [1.29, 1.82) is 0 Å². The number of esters is 1. The number of hydrogen-bond donors (Lipinski definition) is 0. The maximum atomic E-state index is 11.4. The second-order valence-electron chi connectivity index (χ2n) is 3.62. The van der Waals surface area contributed by atoms with Gasteiger partial charge in [0.25, 0.3) is 0 Å². The first-order valence-electron chi connectivity index (χ1n) is 5.57. The van der Waals surface area contributed by atoms with Gasteiger partial charge in [-0.1, -0.05) is 30.3 Å². The van der Waals surface area contributed by atoms with E-state index < -0.39 is 0 Å². The van der Waals surface area contributed by atoms with Crippen LogP contribution in [0.4, 0.5) is 0 Å². The quantitative estimate of drug-likeness (QED) is 0.598. The largest absolute Gasteiger partial charge is 0.425 e. The highest BCUT2D eigenvalue weighted by molar-refractivity contribution is 5.84. The van der Waals surface area contributed by atoms with Crippen LogP contribution in [-0.4, -0.2) is 19.2 Å². The lowest BCUT2D eigenvalue weighted by Crippen LogP contribution is -2.15. The lowest BCUT2D eigenvalue weighted by atomic mass is 10.1. The van der Waals surface area contributed by atoms with Crippen LogP contribution in [0.15, 0.2) is 42.5 Å². The minimum atomic E-state index is -0.373. The van der Waals surface area contributed by atoms with Crippen molar-refractivity contribution in [1.82, 2.24) is 0 Å². The molecule has 0 radical (unpaired) electrons. The Bertz CT molecular complexity index is 520. The summed E-state index contributed by atoms with van der Waals surface area (Å²) in [6.45, 7) is 2.33. The van der Waals surface area contributed by atoms with Gasteiger partial charge >= 0.3 is 5.97 Å². The van der Waals surface area contributed by atoms with Crippen molar-refractivity contribution in [3.05, 3.63) is 42.5 Å². The van der Waals surface area contributed by atoms with Crippen LogP contribution in [0.2, 0.25) is 0 Å². The summed E-state index contributed by atoms with van der Waals surface area (Å²) in [4.78, 5) is 11.4. The molecule has 0 unspecified atom stereocenters. The molecular formula is C14H14O3. The topological polar surface area (TPSA) is 35.5 Å². The van der Waals surface area contributed by atoms with Crippen LogP contribution in [0, 0.1) is 0 Å². The summed E-state index contributed by atoms with van der Waals surface area (Å²) in [5, 5.41) is 2.17. The maximum Gasteiger partial charge on any atom is 0.337 e. The highest BCUT2D eigenvalue weighted by atomic mass is 16.6. The van der Waals surface area contributed by atoms with E-state index in [1.54, 1.807) is 6.07 Å². The number of hydrogen-bond acceptors (Lipinski definition) is 3. The Kier molecular flexibility index (Phi) is 3.73. The number of benzene rings is 2. The van der Waals surface area contributed by atoms with Crippen LogP contribution in [0.3, 0.4) is 0 Å². The van der Waals surface area contributed by atoms with Crippen molar-refractivity contribution in [3.8, 4) is 5.75 Å². The van der Waals surface area contributed by atoms with Gasteiger partial charge in [-0.05, 0) is 29.8 Å². The summed E-state index contributed by atoms with van der Waals surface area (Å²) in [6.07, 6.45) is 0. The molecular weight excluding hydrogens is 216 g/mol.